The minimum atomic E-state index is -1.46. The van der Waals surface area contributed by atoms with Crippen molar-refractivity contribution in [3.05, 3.63) is 48.8 Å². The molecule has 7 heteroatoms. The molecule has 3 rings (SSSR count). The molecule has 1 saturated heterocycles. The van der Waals surface area contributed by atoms with Crippen LogP contribution in [0.5, 0.6) is 5.75 Å². The maximum Gasteiger partial charge on any atom is 0.229 e. The van der Waals surface area contributed by atoms with E-state index in [4.69, 9.17) is 9.47 Å². The lowest BCUT2D eigenvalue weighted by molar-refractivity contribution is -0.277. The first-order chi connectivity index (χ1) is 11.6. The van der Waals surface area contributed by atoms with Gasteiger partial charge in [0.05, 0.1) is 6.61 Å². The standard InChI is InChI=1S/C17H19NO6/c19-9-13-14(20)15(21)16(22)17(24-13)23-12-5-3-10(4-6-12)11-2-1-7-18-8-11/h1-8,13-17,19-22H,9H2/t13-,14-,15+,16+,17+/m1/s1. The Labute approximate surface area is 138 Å². The zero-order chi connectivity index (χ0) is 17.1. The number of aromatic nitrogens is 1. The summed E-state index contributed by atoms with van der Waals surface area (Å²) in [6.07, 6.45) is -3.05. The monoisotopic (exact) mass is 333 g/mol. The lowest BCUT2D eigenvalue weighted by Gasteiger charge is -2.39. The third kappa shape index (κ3) is 3.40. The molecule has 1 fully saturated rings. The molecule has 7 nitrogen and oxygen atoms in total. The first kappa shape index (κ1) is 16.8. The minimum absolute atomic E-state index is 0.423. The summed E-state index contributed by atoms with van der Waals surface area (Å²) in [4.78, 5) is 4.06. The van der Waals surface area contributed by atoms with Crippen LogP contribution in [-0.4, -0.2) is 62.7 Å². The molecule has 2 heterocycles. The summed E-state index contributed by atoms with van der Waals surface area (Å²) in [5.74, 6) is 0.423. The predicted molar refractivity (Wildman–Crippen MR) is 84.1 cm³/mol. The average molecular weight is 333 g/mol. The van der Waals surface area contributed by atoms with Gasteiger partial charge in [-0.15, -0.1) is 0 Å². The van der Waals surface area contributed by atoms with Gasteiger partial charge in [-0.3, -0.25) is 4.98 Å². The van der Waals surface area contributed by atoms with Gasteiger partial charge in [0.15, 0.2) is 0 Å². The molecule has 24 heavy (non-hydrogen) atoms. The number of aliphatic hydroxyl groups excluding tert-OH is 4. The van der Waals surface area contributed by atoms with Gasteiger partial charge in [0.25, 0.3) is 0 Å². The van der Waals surface area contributed by atoms with Gasteiger partial charge in [0.1, 0.15) is 30.2 Å². The maximum atomic E-state index is 9.97. The van der Waals surface area contributed by atoms with Crippen molar-refractivity contribution in [3.63, 3.8) is 0 Å². The van der Waals surface area contributed by atoms with Crippen LogP contribution in [0.25, 0.3) is 11.1 Å². The minimum Gasteiger partial charge on any atom is -0.462 e. The van der Waals surface area contributed by atoms with Crippen LogP contribution < -0.4 is 4.74 Å². The Morgan fingerprint density at radius 2 is 1.71 bits per heavy atom. The van der Waals surface area contributed by atoms with Gasteiger partial charge in [-0.1, -0.05) is 18.2 Å². The van der Waals surface area contributed by atoms with E-state index in [0.717, 1.165) is 11.1 Å². The molecule has 0 radical (unpaired) electrons. The second kappa shape index (κ2) is 7.25. The number of aliphatic hydroxyl groups is 4. The van der Waals surface area contributed by atoms with Crippen LogP contribution >= 0.6 is 0 Å². The number of rotatable bonds is 4. The molecule has 0 saturated carbocycles. The van der Waals surface area contributed by atoms with Crippen LogP contribution in [0.15, 0.2) is 48.8 Å². The van der Waals surface area contributed by atoms with Crippen LogP contribution in [0.1, 0.15) is 0 Å². The summed E-state index contributed by atoms with van der Waals surface area (Å²) in [7, 11) is 0. The zero-order valence-electron chi connectivity index (χ0n) is 12.8. The van der Waals surface area contributed by atoms with Crippen molar-refractivity contribution in [2.45, 2.75) is 30.7 Å². The third-order valence-corrected chi connectivity index (χ3v) is 3.95. The lowest BCUT2D eigenvalue weighted by Crippen LogP contribution is -2.60. The lowest BCUT2D eigenvalue weighted by atomic mass is 9.99. The highest BCUT2D eigenvalue weighted by Crippen LogP contribution is 2.26. The summed E-state index contributed by atoms with van der Waals surface area (Å²) >= 11 is 0. The van der Waals surface area contributed by atoms with Crippen LogP contribution in [0.2, 0.25) is 0 Å². The Morgan fingerprint density at radius 3 is 2.33 bits per heavy atom. The Balaban J connectivity index is 1.71. The van der Waals surface area contributed by atoms with Gasteiger partial charge in [-0.05, 0) is 29.3 Å². The Kier molecular flexibility index (Phi) is 5.08. The quantitative estimate of drug-likeness (QED) is 0.619. The Hall–Kier alpha value is -2.03. The molecule has 0 amide bonds. The number of hydrogen-bond donors (Lipinski definition) is 4. The van der Waals surface area contributed by atoms with Crippen LogP contribution in [0, 0.1) is 0 Å². The van der Waals surface area contributed by atoms with Gasteiger partial charge < -0.3 is 29.9 Å². The normalized spacial score (nSPS) is 30.1. The molecule has 4 N–H and O–H groups in total. The highest BCUT2D eigenvalue weighted by Gasteiger charge is 2.44. The summed E-state index contributed by atoms with van der Waals surface area (Å²) in [6.45, 7) is -0.495. The van der Waals surface area contributed by atoms with Crippen LogP contribution in [0.3, 0.4) is 0 Å². The molecule has 0 bridgehead atoms. The summed E-state index contributed by atoms with van der Waals surface area (Å²) < 4.78 is 10.8. The molecular formula is C17H19NO6. The van der Waals surface area contributed by atoms with Gasteiger partial charge in [0.2, 0.25) is 6.29 Å². The van der Waals surface area contributed by atoms with E-state index in [-0.39, 0.29) is 0 Å². The fourth-order valence-corrected chi connectivity index (χ4v) is 2.56. The van der Waals surface area contributed by atoms with E-state index in [2.05, 4.69) is 4.98 Å². The molecule has 0 spiro atoms. The Morgan fingerprint density at radius 1 is 0.958 bits per heavy atom. The van der Waals surface area contributed by atoms with Gasteiger partial charge in [-0.25, -0.2) is 0 Å². The number of benzene rings is 1. The Bertz CT molecular complexity index is 648. The third-order valence-electron chi connectivity index (χ3n) is 3.95. The highest BCUT2D eigenvalue weighted by atomic mass is 16.7. The average Bonchev–Trinajstić information content (AvgIpc) is 2.63. The van der Waals surface area contributed by atoms with Crippen LogP contribution in [0.4, 0.5) is 0 Å². The molecule has 0 aliphatic carbocycles. The van der Waals surface area contributed by atoms with E-state index in [1.165, 1.54) is 0 Å². The second-order valence-corrected chi connectivity index (χ2v) is 5.58. The van der Waals surface area contributed by atoms with Crippen molar-refractivity contribution in [1.82, 2.24) is 4.98 Å². The smallest absolute Gasteiger partial charge is 0.229 e. The fraction of sp³-hybridized carbons (Fsp3) is 0.353. The van der Waals surface area contributed by atoms with Crippen molar-refractivity contribution in [1.29, 1.82) is 0 Å². The summed E-state index contributed by atoms with van der Waals surface area (Å²) in [5, 5.41) is 38.6. The summed E-state index contributed by atoms with van der Waals surface area (Å²) in [5.41, 5.74) is 1.90. The SMILES string of the molecule is OC[C@H]1O[C@H](Oc2ccc(-c3cccnc3)cc2)[C@@H](O)[C@@H](O)[C@@H]1O. The van der Waals surface area contributed by atoms with E-state index in [1.807, 2.05) is 24.3 Å². The van der Waals surface area contributed by atoms with E-state index < -0.39 is 37.3 Å². The topological polar surface area (TPSA) is 112 Å². The largest absolute Gasteiger partial charge is 0.462 e. The molecule has 1 aromatic heterocycles. The van der Waals surface area contributed by atoms with E-state index in [1.54, 1.807) is 24.5 Å². The highest BCUT2D eigenvalue weighted by molar-refractivity contribution is 5.62. The van der Waals surface area contributed by atoms with E-state index in [9.17, 15) is 20.4 Å². The molecule has 2 aromatic rings. The van der Waals surface area contributed by atoms with Gasteiger partial charge >= 0.3 is 0 Å². The molecule has 0 unspecified atom stereocenters. The fourth-order valence-electron chi connectivity index (χ4n) is 2.56. The number of ether oxygens (including phenoxy) is 2. The van der Waals surface area contributed by atoms with Crippen LogP contribution in [-0.2, 0) is 4.74 Å². The molecular weight excluding hydrogens is 314 g/mol. The maximum absolute atomic E-state index is 9.97. The number of pyridine rings is 1. The van der Waals surface area contributed by atoms with Gasteiger partial charge in [-0.2, -0.15) is 0 Å². The zero-order valence-corrected chi connectivity index (χ0v) is 12.8. The van der Waals surface area contributed by atoms with Gasteiger partial charge in [0, 0.05) is 12.4 Å². The predicted octanol–water partition coefficient (Wildman–Crippen LogP) is -0.0727. The van der Waals surface area contributed by atoms with E-state index >= 15 is 0 Å². The van der Waals surface area contributed by atoms with Crippen molar-refractivity contribution in [3.8, 4) is 16.9 Å². The number of nitrogens with zero attached hydrogens (tertiary/aromatic N) is 1. The second-order valence-electron chi connectivity index (χ2n) is 5.58. The number of hydrogen-bond acceptors (Lipinski definition) is 7. The molecule has 1 aromatic carbocycles. The first-order valence-corrected chi connectivity index (χ1v) is 7.58. The van der Waals surface area contributed by atoms with E-state index in [0.29, 0.717) is 5.75 Å². The van der Waals surface area contributed by atoms with Crippen molar-refractivity contribution in [2.24, 2.45) is 0 Å². The molecule has 1 aliphatic heterocycles. The molecule has 128 valence electrons. The van der Waals surface area contributed by atoms with Crippen molar-refractivity contribution < 1.29 is 29.9 Å². The molecule has 5 atom stereocenters. The first-order valence-electron chi connectivity index (χ1n) is 7.58. The summed E-state index contributed by atoms with van der Waals surface area (Å²) in [6, 6.07) is 10.8. The van der Waals surface area contributed by atoms with Crippen molar-refractivity contribution in [2.75, 3.05) is 6.61 Å². The van der Waals surface area contributed by atoms with Crippen molar-refractivity contribution >= 4 is 0 Å². The molecule has 1 aliphatic rings.